The van der Waals surface area contributed by atoms with Crippen molar-refractivity contribution < 1.29 is 4.74 Å². The minimum absolute atomic E-state index is 0.382. The van der Waals surface area contributed by atoms with E-state index < -0.39 is 0 Å². The van der Waals surface area contributed by atoms with Crippen LogP contribution >= 0.6 is 11.6 Å². The molecule has 2 aromatic heterocycles. The van der Waals surface area contributed by atoms with Gasteiger partial charge in [-0.2, -0.15) is 5.26 Å². The van der Waals surface area contributed by atoms with Crippen LogP contribution in [0.4, 0.5) is 0 Å². The highest BCUT2D eigenvalue weighted by molar-refractivity contribution is 6.31. The molecule has 0 fully saturated rings. The van der Waals surface area contributed by atoms with Crippen LogP contribution in [0.1, 0.15) is 6.42 Å². The minimum Gasteiger partial charge on any atom is -0.497 e. The smallest absolute Gasteiger partial charge is 0.160 e. The Labute approximate surface area is 132 Å². The minimum atomic E-state index is 0.382. The van der Waals surface area contributed by atoms with Crippen molar-refractivity contribution in [2.75, 3.05) is 7.11 Å². The number of hydrogen-bond acceptors (Lipinski definition) is 4. The van der Waals surface area contributed by atoms with E-state index >= 15 is 0 Å². The van der Waals surface area contributed by atoms with Crippen LogP contribution in [0.25, 0.3) is 22.6 Å². The molecule has 3 aromatic rings. The summed E-state index contributed by atoms with van der Waals surface area (Å²) >= 11 is 5.99. The number of halogens is 1. The number of nitrogens with zero attached hydrogens (tertiary/aromatic N) is 4. The first-order valence-corrected chi connectivity index (χ1v) is 7.14. The molecule has 1 aromatic carbocycles. The molecule has 5 nitrogen and oxygen atoms in total. The van der Waals surface area contributed by atoms with Gasteiger partial charge in [0, 0.05) is 18.3 Å². The van der Waals surface area contributed by atoms with Gasteiger partial charge in [0.1, 0.15) is 17.1 Å². The van der Waals surface area contributed by atoms with E-state index in [-0.39, 0.29) is 0 Å². The topological polar surface area (TPSA) is 63.7 Å². The largest absolute Gasteiger partial charge is 0.497 e. The Hall–Kier alpha value is -2.58. The highest BCUT2D eigenvalue weighted by Gasteiger charge is 2.14. The van der Waals surface area contributed by atoms with Crippen LogP contribution in [0.5, 0.6) is 5.75 Å². The first-order valence-electron chi connectivity index (χ1n) is 6.76. The third-order valence-electron chi connectivity index (χ3n) is 3.33. The van der Waals surface area contributed by atoms with Gasteiger partial charge in [0.2, 0.25) is 0 Å². The Kier molecular flexibility index (Phi) is 3.94. The van der Waals surface area contributed by atoms with Gasteiger partial charge in [-0.15, -0.1) is 0 Å². The van der Waals surface area contributed by atoms with Crippen molar-refractivity contribution in [2.45, 2.75) is 13.0 Å². The zero-order valence-corrected chi connectivity index (χ0v) is 12.7. The molecule has 0 aliphatic carbocycles. The maximum Gasteiger partial charge on any atom is 0.160 e. The van der Waals surface area contributed by atoms with Gasteiger partial charge < -0.3 is 9.30 Å². The van der Waals surface area contributed by atoms with Crippen LogP contribution in [0.15, 0.2) is 36.5 Å². The van der Waals surface area contributed by atoms with Gasteiger partial charge in [0.05, 0.1) is 24.6 Å². The Morgan fingerprint density at radius 1 is 1.36 bits per heavy atom. The van der Waals surface area contributed by atoms with Crippen molar-refractivity contribution in [2.24, 2.45) is 0 Å². The molecule has 0 saturated heterocycles. The molecule has 0 radical (unpaired) electrons. The average molecular weight is 313 g/mol. The normalized spacial score (nSPS) is 10.6. The molecule has 0 amide bonds. The van der Waals surface area contributed by atoms with Gasteiger partial charge >= 0.3 is 0 Å². The summed E-state index contributed by atoms with van der Waals surface area (Å²) in [4.78, 5) is 8.97. The van der Waals surface area contributed by atoms with Crippen LogP contribution in [0, 0.1) is 11.3 Å². The number of ether oxygens (including phenoxy) is 1. The number of aryl methyl sites for hydroxylation is 1. The molecule has 6 heteroatoms. The molecule has 22 heavy (non-hydrogen) atoms. The summed E-state index contributed by atoms with van der Waals surface area (Å²) in [7, 11) is 1.62. The first-order chi connectivity index (χ1) is 10.7. The van der Waals surface area contributed by atoms with Gasteiger partial charge in [-0.25, -0.2) is 9.97 Å². The fourth-order valence-electron chi connectivity index (χ4n) is 2.34. The van der Waals surface area contributed by atoms with E-state index in [0.29, 0.717) is 23.5 Å². The van der Waals surface area contributed by atoms with Gasteiger partial charge in [0.25, 0.3) is 0 Å². The summed E-state index contributed by atoms with van der Waals surface area (Å²) in [5.41, 5.74) is 2.34. The number of rotatable bonds is 4. The standard InChI is InChI=1S/C16H13ClN4O/c1-22-13-5-2-4-11(8-13)15-20-14-9-12(17)10-19-16(14)21(15)7-3-6-18/h2,4-5,8-10H,3,7H2,1H3. The maximum absolute atomic E-state index is 8.88. The van der Waals surface area contributed by atoms with Crippen LogP contribution in [0.3, 0.4) is 0 Å². The van der Waals surface area contributed by atoms with Crippen LogP contribution < -0.4 is 4.74 Å². The molecule has 0 atom stereocenters. The Morgan fingerprint density at radius 2 is 2.23 bits per heavy atom. The molecule has 0 spiro atoms. The molecule has 0 N–H and O–H groups in total. The predicted molar refractivity (Wildman–Crippen MR) is 84.8 cm³/mol. The number of imidazole rings is 1. The van der Waals surface area contributed by atoms with E-state index in [1.165, 1.54) is 0 Å². The molecule has 3 rings (SSSR count). The van der Waals surface area contributed by atoms with E-state index in [2.05, 4.69) is 16.0 Å². The second kappa shape index (κ2) is 6.04. The first kappa shape index (κ1) is 14.4. The lowest BCUT2D eigenvalue weighted by atomic mass is 10.2. The molecule has 0 bridgehead atoms. The van der Waals surface area contributed by atoms with Crippen molar-refractivity contribution in [3.63, 3.8) is 0 Å². The maximum atomic E-state index is 8.88. The van der Waals surface area contributed by atoms with Crippen LogP contribution in [0.2, 0.25) is 5.02 Å². The van der Waals surface area contributed by atoms with Crippen molar-refractivity contribution in [3.05, 3.63) is 41.6 Å². The molecule has 2 heterocycles. The number of aromatic nitrogens is 3. The molecule has 0 unspecified atom stereocenters. The zero-order valence-electron chi connectivity index (χ0n) is 12.0. The van der Waals surface area contributed by atoms with E-state index in [1.807, 2.05) is 28.8 Å². The number of pyridine rings is 1. The van der Waals surface area contributed by atoms with Crippen molar-refractivity contribution in [1.82, 2.24) is 14.5 Å². The second-order valence-electron chi connectivity index (χ2n) is 4.72. The summed E-state index contributed by atoms with van der Waals surface area (Å²) in [6.07, 6.45) is 1.97. The lowest BCUT2D eigenvalue weighted by molar-refractivity contribution is 0.415. The quantitative estimate of drug-likeness (QED) is 0.737. The average Bonchev–Trinajstić information content (AvgIpc) is 2.90. The van der Waals surface area contributed by atoms with Gasteiger partial charge in [-0.05, 0) is 18.2 Å². The Morgan fingerprint density at radius 3 is 3.00 bits per heavy atom. The molecule has 0 aliphatic rings. The lowest BCUT2D eigenvalue weighted by Gasteiger charge is -2.07. The number of hydrogen-bond donors (Lipinski definition) is 0. The zero-order chi connectivity index (χ0) is 15.5. The van der Waals surface area contributed by atoms with Gasteiger partial charge in [-0.1, -0.05) is 23.7 Å². The Bertz CT molecular complexity index is 866. The molecule has 0 aliphatic heterocycles. The fraction of sp³-hybridized carbons (Fsp3) is 0.188. The highest BCUT2D eigenvalue weighted by Crippen LogP contribution is 2.27. The lowest BCUT2D eigenvalue weighted by Crippen LogP contribution is -2.01. The summed E-state index contributed by atoms with van der Waals surface area (Å²) in [6, 6.07) is 11.6. The van der Waals surface area contributed by atoms with Crippen LogP contribution in [-0.2, 0) is 6.54 Å². The summed E-state index contributed by atoms with van der Waals surface area (Å²) < 4.78 is 7.20. The Balaban J connectivity index is 2.20. The summed E-state index contributed by atoms with van der Waals surface area (Å²) in [5.74, 6) is 1.50. The highest BCUT2D eigenvalue weighted by atomic mass is 35.5. The fourth-order valence-corrected chi connectivity index (χ4v) is 2.49. The van der Waals surface area contributed by atoms with Crippen LogP contribution in [-0.4, -0.2) is 21.6 Å². The summed E-state index contributed by atoms with van der Waals surface area (Å²) in [5, 5.41) is 9.42. The molecule has 110 valence electrons. The number of methoxy groups -OCH3 is 1. The monoisotopic (exact) mass is 312 g/mol. The third kappa shape index (κ3) is 2.61. The molecular formula is C16H13ClN4O. The van der Waals surface area contributed by atoms with E-state index in [9.17, 15) is 0 Å². The molecular weight excluding hydrogens is 300 g/mol. The third-order valence-corrected chi connectivity index (χ3v) is 3.53. The predicted octanol–water partition coefficient (Wildman–Crippen LogP) is 3.67. The number of nitriles is 1. The van der Waals surface area contributed by atoms with Gasteiger partial charge in [-0.3, -0.25) is 0 Å². The van der Waals surface area contributed by atoms with Crippen molar-refractivity contribution >= 4 is 22.8 Å². The number of fused-ring (bicyclic) bond motifs is 1. The SMILES string of the molecule is COc1cccc(-c2nc3cc(Cl)cnc3n2CCC#N)c1. The number of benzene rings is 1. The summed E-state index contributed by atoms with van der Waals surface area (Å²) in [6.45, 7) is 0.522. The van der Waals surface area contributed by atoms with Crippen molar-refractivity contribution in [1.29, 1.82) is 5.26 Å². The van der Waals surface area contributed by atoms with E-state index in [1.54, 1.807) is 19.4 Å². The van der Waals surface area contributed by atoms with E-state index in [0.717, 1.165) is 22.8 Å². The van der Waals surface area contributed by atoms with E-state index in [4.69, 9.17) is 21.6 Å². The van der Waals surface area contributed by atoms with Crippen molar-refractivity contribution in [3.8, 4) is 23.2 Å². The second-order valence-corrected chi connectivity index (χ2v) is 5.16. The molecule has 0 saturated carbocycles. The van der Waals surface area contributed by atoms with Gasteiger partial charge in [0.15, 0.2) is 5.65 Å².